The zero-order chi connectivity index (χ0) is 19.7. The first-order valence-electron chi connectivity index (χ1n) is 11.6. The van der Waals surface area contributed by atoms with Crippen molar-refractivity contribution in [2.24, 2.45) is 40.4 Å². The van der Waals surface area contributed by atoms with Crippen LogP contribution in [-0.4, -0.2) is 41.9 Å². The van der Waals surface area contributed by atoms with Crippen LogP contribution >= 0.6 is 0 Å². The predicted molar refractivity (Wildman–Crippen MR) is 107 cm³/mol. The molecule has 5 aliphatic rings. The van der Waals surface area contributed by atoms with Gasteiger partial charge in [0.25, 0.3) is 0 Å². The SMILES string of the molecule is CC1([C@@H]2[C@H](CO)C[C@@H]3[C@@H]4CC=C5C[C@H](O)CC[C@]5(C)[C@H]4CC[C@]32C)OCCO1. The molecule has 4 heteroatoms. The zero-order valence-corrected chi connectivity index (χ0v) is 17.8. The summed E-state index contributed by atoms with van der Waals surface area (Å²) < 4.78 is 12.3. The molecule has 4 aliphatic carbocycles. The summed E-state index contributed by atoms with van der Waals surface area (Å²) in [6, 6.07) is 0. The van der Waals surface area contributed by atoms with Crippen molar-refractivity contribution in [1.82, 2.24) is 0 Å². The Kier molecular flexibility index (Phi) is 4.56. The largest absolute Gasteiger partial charge is 0.396 e. The van der Waals surface area contributed by atoms with Gasteiger partial charge < -0.3 is 19.7 Å². The van der Waals surface area contributed by atoms with E-state index < -0.39 is 5.79 Å². The molecule has 0 aromatic rings. The maximum atomic E-state index is 10.3. The lowest BCUT2D eigenvalue weighted by Gasteiger charge is -2.58. The number of ether oxygens (including phenoxy) is 2. The Morgan fingerprint density at radius 3 is 2.54 bits per heavy atom. The van der Waals surface area contributed by atoms with Gasteiger partial charge in [0.05, 0.1) is 19.3 Å². The molecule has 0 radical (unpaired) electrons. The van der Waals surface area contributed by atoms with Crippen molar-refractivity contribution < 1.29 is 19.7 Å². The summed E-state index contributed by atoms with van der Waals surface area (Å²) in [6.45, 7) is 8.65. The molecular formula is C24H38O4. The number of hydrogen-bond donors (Lipinski definition) is 2. The molecule has 0 aromatic carbocycles. The number of hydrogen-bond acceptors (Lipinski definition) is 4. The first-order valence-corrected chi connectivity index (χ1v) is 11.6. The molecule has 158 valence electrons. The highest BCUT2D eigenvalue weighted by Crippen LogP contribution is 2.69. The summed E-state index contributed by atoms with van der Waals surface area (Å²) in [4.78, 5) is 0. The topological polar surface area (TPSA) is 58.9 Å². The van der Waals surface area contributed by atoms with Crippen molar-refractivity contribution in [2.45, 2.75) is 77.6 Å². The van der Waals surface area contributed by atoms with Crippen LogP contribution in [0.4, 0.5) is 0 Å². The molecular weight excluding hydrogens is 352 g/mol. The molecule has 0 amide bonds. The minimum atomic E-state index is -0.543. The van der Waals surface area contributed by atoms with Gasteiger partial charge in [-0.3, -0.25) is 0 Å². The lowest BCUT2D eigenvalue weighted by Crippen LogP contribution is -2.54. The molecule has 3 saturated carbocycles. The Bertz CT molecular complexity index is 653. The van der Waals surface area contributed by atoms with Crippen LogP contribution in [-0.2, 0) is 9.47 Å². The fraction of sp³-hybridized carbons (Fsp3) is 0.917. The molecule has 8 atom stereocenters. The second-order valence-corrected chi connectivity index (χ2v) is 11.1. The van der Waals surface area contributed by atoms with Gasteiger partial charge in [-0.15, -0.1) is 0 Å². The summed E-state index contributed by atoms with van der Waals surface area (Å²) in [6.07, 6.45) is 10.00. The monoisotopic (exact) mass is 390 g/mol. The van der Waals surface area contributed by atoms with E-state index in [2.05, 4.69) is 26.8 Å². The minimum Gasteiger partial charge on any atom is -0.396 e. The number of rotatable bonds is 2. The van der Waals surface area contributed by atoms with Gasteiger partial charge in [0, 0.05) is 12.5 Å². The van der Waals surface area contributed by atoms with Crippen molar-refractivity contribution in [3.63, 3.8) is 0 Å². The van der Waals surface area contributed by atoms with Gasteiger partial charge in [0.1, 0.15) is 0 Å². The molecule has 1 saturated heterocycles. The lowest BCUT2D eigenvalue weighted by molar-refractivity contribution is -0.225. The van der Waals surface area contributed by atoms with E-state index in [0.717, 1.165) is 38.0 Å². The van der Waals surface area contributed by atoms with Crippen molar-refractivity contribution in [1.29, 1.82) is 0 Å². The van der Waals surface area contributed by atoms with Crippen LogP contribution in [0, 0.1) is 40.4 Å². The van der Waals surface area contributed by atoms with Gasteiger partial charge in [0.15, 0.2) is 5.79 Å². The molecule has 28 heavy (non-hydrogen) atoms. The molecule has 1 aliphatic heterocycles. The Labute approximate surface area is 169 Å². The highest BCUT2D eigenvalue weighted by atomic mass is 16.7. The molecule has 0 aromatic heterocycles. The number of fused-ring (bicyclic) bond motifs is 5. The molecule has 4 nitrogen and oxygen atoms in total. The van der Waals surface area contributed by atoms with Gasteiger partial charge in [-0.25, -0.2) is 0 Å². The second kappa shape index (κ2) is 6.54. The smallest absolute Gasteiger partial charge is 0.169 e. The average molecular weight is 391 g/mol. The summed E-state index contributed by atoms with van der Waals surface area (Å²) >= 11 is 0. The molecule has 1 heterocycles. The van der Waals surface area contributed by atoms with E-state index in [9.17, 15) is 10.2 Å². The summed E-state index contributed by atoms with van der Waals surface area (Å²) in [7, 11) is 0. The maximum Gasteiger partial charge on any atom is 0.169 e. The number of aliphatic hydroxyl groups is 2. The van der Waals surface area contributed by atoms with E-state index in [-0.39, 0.29) is 35.4 Å². The van der Waals surface area contributed by atoms with Gasteiger partial charge >= 0.3 is 0 Å². The molecule has 5 rings (SSSR count). The van der Waals surface area contributed by atoms with Crippen LogP contribution in [0.5, 0.6) is 0 Å². The summed E-state index contributed by atoms with van der Waals surface area (Å²) in [5.41, 5.74) is 1.96. The molecule has 4 fully saturated rings. The third-order valence-electron chi connectivity index (χ3n) is 9.91. The maximum absolute atomic E-state index is 10.3. The average Bonchev–Trinajstić information content (AvgIpc) is 3.23. The van der Waals surface area contributed by atoms with E-state index in [1.165, 1.54) is 18.4 Å². The molecule has 0 unspecified atom stereocenters. The van der Waals surface area contributed by atoms with E-state index in [4.69, 9.17) is 9.47 Å². The van der Waals surface area contributed by atoms with Crippen molar-refractivity contribution in [3.05, 3.63) is 11.6 Å². The van der Waals surface area contributed by atoms with Crippen molar-refractivity contribution >= 4 is 0 Å². The number of aliphatic hydroxyl groups excluding tert-OH is 2. The highest BCUT2D eigenvalue weighted by Gasteiger charge is 2.65. The number of allylic oxidation sites excluding steroid dienone is 1. The van der Waals surface area contributed by atoms with Crippen LogP contribution < -0.4 is 0 Å². The fourth-order valence-electron chi connectivity index (χ4n) is 8.74. The van der Waals surface area contributed by atoms with E-state index in [1.54, 1.807) is 0 Å². The molecule has 0 bridgehead atoms. The Morgan fingerprint density at radius 2 is 1.82 bits per heavy atom. The van der Waals surface area contributed by atoms with Crippen LogP contribution in [0.3, 0.4) is 0 Å². The molecule has 0 spiro atoms. The fourth-order valence-corrected chi connectivity index (χ4v) is 8.74. The van der Waals surface area contributed by atoms with Crippen molar-refractivity contribution in [3.8, 4) is 0 Å². The van der Waals surface area contributed by atoms with Crippen LogP contribution in [0.15, 0.2) is 11.6 Å². The first kappa shape index (κ1) is 19.5. The Balaban J connectivity index is 1.49. The second-order valence-electron chi connectivity index (χ2n) is 11.1. The van der Waals surface area contributed by atoms with Crippen LogP contribution in [0.25, 0.3) is 0 Å². The van der Waals surface area contributed by atoms with Gasteiger partial charge in [-0.05, 0) is 86.4 Å². The third kappa shape index (κ3) is 2.57. The van der Waals surface area contributed by atoms with E-state index in [0.29, 0.717) is 25.0 Å². The summed E-state index contributed by atoms with van der Waals surface area (Å²) in [5.74, 6) is 2.02. The minimum absolute atomic E-state index is 0.143. The zero-order valence-electron chi connectivity index (χ0n) is 17.8. The van der Waals surface area contributed by atoms with E-state index >= 15 is 0 Å². The summed E-state index contributed by atoms with van der Waals surface area (Å²) in [5, 5.41) is 20.5. The first-order chi connectivity index (χ1) is 13.3. The Morgan fingerprint density at radius 1 is 1.07 bits per heavy atom. The van der Waals surface area contributed by atoms with Crippen molar-refractivity contribution in [2.75, 3.05) is 19.8 Å². The normalized spacial score (nSPS) is 52.5. The lowest BCUT2D eigenvalue weighted by atomic mass is 9.47. The van der Waals surface area contributed by atoms with Crippen LogP contribution in [0.2, 0.25) is 0 Å². The highest BCUT2D eigenvalue weighted by molar-refractivity contribution is 5.26. The van der Waals surface area contributed by atoms with Crippen LogP contribution in [0.1, 0.15) is 65.7 Å². The predicted octanol–water partition coefficient (Wildman–Crippen LogP) is 3.91. The Hall–Kier alpha value is -0.420. The van der Waals surface area contributed by atoms with Gasteiger partial charge in [-0.2, -0.15) is 0 Å². The standard InChI is InChI=1S/C24H38O4/c1-22-8-6-17(26)13-16(22)4-5-18-19(22)7-9-23(2)20(18)12-15(14-25)21(23)24(3)27-10-11-28-24/h4,15,17-21,25-26H,5-14H2,1-3H3/t15-,17+,18+,19-,20+,21+,22-,23+/m0/s1. The molecule has 2 N–H and O–H groups in total. The third-order valence-corrected chi connectivity index (χ3v) is 9.91. The quantitative estimate of drug-likeness (QED) is 0.702. The van der Waals surface area contributed by atoms with Gasteiger partial charge in [-0.1, -0.05) is 25.5 Å². The van der Waals surface area contributed by atoms with E-state index in [1.807, 2.05) is 0 Å². The van der Waals surface area contributed by atoms with Gasteiger partial charge in [0.2, 0.25) is 0 Å².